The second-order valence-electron chi connectivity index (χ2n) is 8.17. The highest BCUT2D eigenvalue weighted by Gasteiger charge is 2.34. The summed E-state index contributed by atoms with van der Waals surface area (Å²) in [7, 11) is -8.97. The molecule has 1 aromatic heterocycles. The molecule has 2 aromatic rings. The molecule has 1 saturated heterocycles. The quantitative estimate of drug-likeness (QED) is 0.192. The number of nitrogens with zero attached hydrogens (tertiary/aromatic N) is 4. The molecule has 1 unspecified atom stereocenters. The highest BCUT2D eigenvalue weighted by Crippen LogP contribution is 2.39. The summed E-state index contributed by atoms with van der Waals surface area (Å²) in [5.41, 5.74) is 11.3. The number of aromatic amines is 1. The van der Waals surface area contributed by atoms with Crippen LogP contribution in [0.15, 0.2) is 21.9 Å². The fourth-order valence-corrected chi connectivity index (χ4v) is 6.70. The first kappa shape index (κ1) is 26.4. The van der Waals surface area contributed by atoms with Crippen molar-refractivity contribution in [3.8, 4) is 11.4 Å². The highest BCUT2D eigenvalue weighted by molar-refractivity contribution is 7.92. The molecule has 0 amide bonds. The molecule has 3 rings (SSSR count). The van der Waals surface area contributed by atoms with Crippen LogP contribution in [0.5, 0.6) is 0 Å². The summed E-state index contributed by atoms with van der Waals surface area (Å²) in [6.07, 6.45) is 2.54. The number of H-pyrrole nitrogens is 1. The number of anilines is 1. The SMILES string of the molecule is NCCCC1CCN(c2ccc(S(=O)(=O)NCC(O)CN)c(S(N)(=O)=O)c2-c2nn[nH]n2)CC1. The van der Waals surface area contributed by atoms with Gasteiger partial charge in [0.15, 0.2) is 0 Å². The number of rotatable bonds is 11. The molecule has 0 radical (unpaired) electrons. The third kappa shape index (κ3) is 6.07. The molecule has 0 aliphatic carbocycles. The van der Waals surface area contributed by atoms with Gasteiger partial charge in [0, 0.05) is 31.9 Å². The van der Waals surface area contributed by atoms with Crippen molar-refractivity contribution >= 4 is 25.7 Å². The Kier molecular flexibility index (Phi) is 8.56. The standard InChI is InChI=1S/C18H31N9O5S2/c19-7-1-2-12-5-8-27(9-6-12)14-3-4-15(34(31,32)22-11-13(28)10-20)17(33(21,29)30)16(14)18-23-25-26-24-18/h3-4,12-13,22,28H,1-2,5-11,19-20H2,(H2,21,29,30)(H,23,24,25,26). The molecule has 34 heavy (non-hydrogen) atoms. The van der Waals surface area contributed by atoms with Crippen molar-refractivity contribution in [3.05, 3.63) is 12.1 Å². The molecule has 1 aromatic carbocycles. The van der Waals surface area contributed by atoms with Crippen LogP contribution in [0.1, 0.15) is 25.7 Å². The van der Waals surface area contributed by atoms with E-state index in [1.807, 2.05) is 4.90 Å². The van der Waals surface area contributed by atoms with Gasteiger partial charge in [0.25, 0.3) is 0 Å². The summed E-state index contributed by atoms with van der Waals surface area (Å²) >= 11 is 0. The lowest BCUT2D eigenvalue weighted by Crippen LogP contribution is -2.37. The van der Waals surface area contributed by atoms with E-state index in [2.05, 4.69) is 25.3 Å². The summed E-state index contributed by atoms with van der Waals surface area (Å²) < 4.78 is 53.6. The van der Waals surface area contributed by atoms with Gasteiger partial charge in [0.05, 0.1) is 11.7 Å². The molecular formula is C18H31N9O5S2. The molecular weight excluding hydrogens is 486 g/mol. The fraction of sp³-hybridized carbons (Fsp3) is 0.611. The summed E-state index contributed by atoms with van der Waals surface area (Å²) in [5, 5.41) is 28.7. The predicted molar refractivity (Wildman–Crippen MR) is 124 cm³/mol. The number of nitrogens with two attached hydrogens (primary N) is 3. The van der Waals surface area contributed by atoms with Gasteiger partial charge in [-0.3, -0.25) is 0 Å². The van der Waals surface area contributed by atoms with Crippen molar-refractivity contribution in [2.45, 2.75) is 41.6 Å². The van der Waals surface area contributed by atoms with Crippen LogP contribution in [0, 0.1) is 5.92 Å². The molecule has 0 spiro atoms. The van der Waals surface area contributed by atoms with Crippen LogP contribution in [0.4, 0.5) is 5.69 Å². The third-order valence-corrected chi connectivity index (χ3v) is 8.38. The predicted octanol–water partition coefficient (Wildman–Crippen LogP) is -1.93. The average molecular weight is 518 g/mol. The Morgan fingerprint density at radius 2 is 1.91 bits per heavy atom. The second kappa shape index (κ2) is 11.0. The maximum Gasteiger partial charge on any atom is 0.242 e. The van der Waals surface area contributed by atoms with Crippen LogP contribution in [-0.2, 0) is 20.0 Å². The lowest BCUT2D eigenvalue weighted by atomic mass is 9.91. The normalized spacial score (nSPS) is 16.6. The van der Waals surface area contributed by atoms with Crippen molar-refractivity contribution in [1.82, 2.24) is 25.3 Å². The average Bonchev–Trinajstić information content (AvgIpc) is 3.34. The van der Waals surface area contributed by atoms with E-state index in [0.717, 1.165) is 25.7 Å². The fourth-order valence-electron chi connectivity index (χ4n) is 4.03. The number of tetrazole rings is 1. The Bertz CT molecular complexity index is 1160. The Hall–Kier alpha value is -2.21. The molecule has 1 aliphatic heterocycles. The van der Waals surface area contributed by atoms with Gasteiger partial charge in [0.1, 0.15) is 9.79 Å². The number of hydrogen-bond donors (Lipinski definition) is 6. The summed E-state index contributed by atoms with van der Waals surface area (Å²) in [6.45, 7) is 1.29. The number of aromatic nitrogens is 4. The van der Waals surface area contributed by atoms with Crippen molar-refractivity contribution < 1.29 is 21.9 Å². The monoisotopic (exact) mass is 517 g/mol. The van der Waals surface area contributed by atoms with Crippen LogP contribution in [0.25, 0.3) is 11.4 Å². The summed E-state index contributed by atoms with van der Waals surface area (Å²) in [4.78, 5) is 0.730. The van der Waals surface area contributed by atoms with Gasteiger partial charge in [-0.05, 0) is 55.5 Å². The van der Waals surface area contributed by atoms with Gasteiger partial charge in [0.2, 0.25) is 25.9 Å². The number of piperidine rings is 1. The first-order valence-corrected chi connectivity index (χ1v) is 13.9. The number of benzene rings is 1. The zero-order valence-corrected chi connectivity index (χ0v) is 20.2. The molecule has 0 saturated carbocycles. The molecule has 16 heteroatoms. The van der Waals surface area contributed by atoms with E-state index in [-0.39, 0.29) is 17.9 Å². The molecule has 0 bridgehead atoms. The molecule has 9 N–H and O–H groups in total. The molecule has 1 atom stereocenters. The van der Waals surface area contributed by atoms with Crippen molar-refractivity contribution in [2.75, 3.05) is 37.6 Å². The number of aliphatic hydroxyl groups excluding tert-OH is 1. The number of hydrogen-bond acceptors (Lipinski definition) is 11. The minimum absolute atomic E-state index is 0.0566. The Morgan fingerprint density at radius 1 is 1.21 bits per heavy atom. The number of aliphatic hydroxyl groups is 1. The van der Waals surface area contributed by atoms with Crippen LogP contribution in [-0.4, -0.2) is 81.4 Å². The lowest BCUT2D eigenvalue weighted by Gasteiger charge is -2.35. The third-order valence-electron chi connectivity index (χ3n) is 5.80. The van der Waals surface area contributed by atoms with E-state index in [9.17, 15) is 21.9 Å². The maximum absolute atomic E-state index is 13.0. The highest BCUT2D eigenvalue weighted by atomic mass is 32.2. The molecule has 190 valence electrons. The van der Waals surface area contributed by atoms with Crippen LogP contribution in [0.3, 0.4) is 0 Å². The number of nitrogens with one attached hydrogen (secondary N) is 2. The first-order chi connectivity index (χ1) is 16.1. The molecule has 1 aliphatic rings. The second-order valence-corrected chi connectivity index (χ2v) is 11.4. The van der Waals surface area contributed by atoms with E-state index in [4.69, 9.17) is 16.6 Å². The Morgan fingerprint density at radius 3 is 2.47 bits per heavy atom. The van der Waals surface area contributed by atoms with E-state index < -0.39 is 42.5 Å². The van der Waals surface area contributed by atoms with Crippen molar-refractivity contribution in [1.29, 1.82) is 0 Å². The number of primary sulfonamides is 1. The zero-order valence-electron chi connectivity index (χ0n) is 18.6. The Labute approximate surface area is 198 Å². The van der Waals surface area contributed by atoms with Gasteiger partial charge in [-0.25, -0.2) is 26.7 Å². The smallest absolute Gasteiger partial charge is 0.242 e. The topological polar surface area (TPSA) is 236 Å². The Balaban J connectivity index is 2.09. The van der Waals surface area contributed by atoms with Gasteiger partial charge in [-0.1, -0.05) is 0 Å². The van der Waals surface area contributed by atoms with Crippen molar-refractivity contribution in [3.63, 3.8) is 0 Å². The van der Waals surface area contributed by atoms with Crippen molar-refractivity contribution in [2.24, 2.45) is 22.5 Å². The van der Waals surface area contributed by atoms with E-state index in [0.29, 0.717) is 31.2 Å². The van der Waals surface area contributed by atoms with Gasteiger partial charge >= 0.3 is 0 Å². The largest absolute Gasteiger partial charge is 0.390 e. The van der Waals surface area contributed by atoms with Gasteiger partial charge < -0.3 is 21.5 Å². The van der Waals surface area contributed by atoms with E-state index in [1.54, 1.807) is 0 Å². The summed E-state index contributed by atoms with van der Waals surface area (Å²) in [5.74, 6) is 0.396. The van der Waals surface area contributed by atoms with Gasteiger partial charge in [-0.2, -0.15) is 5.21 Å². The van der Waals surface area contributed by atoms with Crippen LogP contribution < -0.4 is 26.2 Å². The molecule has 14 nitrogen and oxygen atoms in total. The summed E-state index contributed by atoms with van der Waals surface area (Å²) in [6, 6.07) is 2.69. The number of sulfonamides is 2. The molecule has 1 fully saturated rings. The minimum Gasteiger partial charge on any atom is -0.390 e. The first-order valence-electron chi connectivity index (χ1n) is 10.8. The van der Waals surface area contributed by atoms with Crippen LogP contribution >= 0.6 is 0 Å². The lowest BCUT2D eigenvalue weighted by molar-refractivity contribution is 0.186. The van der Waals surface area contributed by atoms with E-state index >= 15 is 0 Å². The van der Waals surface area contributed by atoms with Crippen LogP contribution in [0.2, 0.25) is 0 Å². The van der Waals surface area contributed by atoms with Gasteiger partial charge in [-0.15, -0.1) is 10.2 Å². The van der Waals surface area contributed by atoms with E-state index in [1.165, 1.54) is 12.1 Å². The minimum atomic E-state index is -4.57. The zero-order chi connectivity index (χ0) is 24.9. The maximum atomic E-state index is 13.0. The molecule has 2 heterocycles.